The van der Waals surface area contributed by atoms with Crippen LogP contribution in [0.15, 0.2) is 24.3 Å². The Kier molecular flexibility index (Phi) is 4.66. The maximum Gasteiger partial charge on any atom is 0.274 e. The number of benzene rings is 1. The fourth-order valence-electron chi connectivity index (χ4n) is 2.34. The fourth-order valence-corrected chi connectivity index (χ4v) is 2.34. The maximum absolute atomic E-state index is 13.2. The Morgan fingerprint density at radius 1 is 1.17 bits per heavy atom. The highest BCUT2D eigenvalue weighted by molar-refractivity contribution is 6.03. The zero-order valence-corrected chi connectivity index (χ0v) is 13.1. The van der Waals surface area contributed by atoms with E-state index in [4.69, 9.17) is 4.74 Å². The molecule has 8 heteroatoms. The van der Waals surface area contributed by atoms with E-state index in [2.05, 4.69) is 15.3 Å². The van der Waals surface area contributed by atoms with Gasteiger partial charge in [-0.1, -0.05) is 0 Å². The summed E-state index contributed by atoms with van der Waals surface area (Å²) in [6.45, 7) is 4.21. The van der Waals surface area contributed by atoms with Crippen molar-refractivity contribution in [3.05, 3.63) is 47.3 Å². The van der Waals surface area contributed by atoms with Crippen LogP contribution >= 0.6 is 0 Å². The quantitative estimate of drug-likeness (QED) is 0.932. The van der Waals surface area contributed by atoms with Crippen LogP contribution in [-0.4, -0.2) is 42.2 Å². The van der Waals surface area contributed by atoms with E-state index in [0.29, 0.717) is 37.9 Å². The topological polar surface area (TPSA) is 67.4 Å². The van der Waals surface area contributed by atoms with Crippen LogP contribution < -0.4 is 10.2 Å². The Labute approximate surface area is 137 Å². The number of carbonyl (C=O) groups excluding carboxylic acids is 1. The van der Waals surface area contributed by atoms with Crippen molar-refractivity contribution < 1.29 is 18.3 Å². The van der Waals surface area contributed by atoms with Crippen molar-refractivity contribution >= 4 is 17.5 Å². The molecule has 1 amide bonds. The van der Waals surface area contributed by atoms with Gasteiger partial charge in [0.1, 0.15) is 5.69 Å². The van der Waals surface area contributed by atoms with Crippen LogP contribution in [0.2, 0.25) is 0 Å². The Balaban J connectivity index is 1.81. The number of morpholine rings is 1. The molecule has 3 rings (SSSR count). The number of nitrogens with one attached hydrogen (secondary N) is 1. The van der Waals surface area contributed by atoms with Gasteiger partial charge in [-0.3, -0.25) is 4.79 Å². The summed E-state index contributed by atoms with van der Waals surface area (Å²) < 4.78 is 31.5. The van der Waals surface area contributed by atoms with Gasteiger partial charge in [-0.05, 0) is 25.1 Å². The Morgan fingerprint density at radius 2 is 1.92 bits per heavy atom. The molecule has 2 aromatic rings. The molecule has 0 radical (unpaired) electrons. The maximum atomic E-state index is 13.2. The summed E-state index contributed by atoms with van der Waals surface area (Å²) in [4.78, 5) is 22.9. The second kappa shape index (κ2) is 6.88. The van der Waals surface area contributed by atoms with Gasteiger partial charge in [-0.15, -0.1) is 0 Å². The van der Waals surface area contributed by atoms with Gasteiger partial charge < -0.3 is 15.0 Å². The summed E-state index contributed by atoms with van der Waals surface area (Å²) in [6.07, 6.45) is 0. The molecule has 1 aliphatic heterocycles. The Morgan fingerprint density at radius 3 is 2.62 bits per heavy atom. The number of ether oxygens (including phenoxy) is 1. The third-order valence-electron chi connectivity index (χ3n) is 3.55. The number of halogens is 2. The molecule has 0 unspecified atom stereocenters. The number of amides is 1. The number of anilines is 2. The van der Waals surface area contributed by atoms with E-state index < -0.39 is 17.5 Å². The molecule has 1 N–H and O–H groups in total. The average Bonchev–Trinajstić information content (AvgIpc) is 2.58. The van der Waals surface area contributed by atoms with Crippen molar-refractivity contribution in [2.45, 2.75) is 6.92 Å². The van der Waals surface area contributed by atoms with Gasteiger partial charge in [-0.2, -0.15) is 0 Å². The van der Waals surface area contributed by atoms with E-state index >= 15 is 0 Å². The Hall–Kier alpha value is -2.61. The number of nitrogens with zero attached hydrogens (tertiary/aromatic N) is 3. The molecule has 126 valence electrons. The van der Waals surface area contributed by atoms with Crippen LogP contribution in [0, 0.1) is 18.6 Å². The largest absolute Gasteiger partial charge is 0.378 e. The standard InChI is InChI=1S/C16H16F2N4O2/c1-10-8-14(21-16(19-10)22-4-6-24-7-5-22)15(23)20-11-2-3-12(17)13(18)9-11/h2-3,8-9H,4-7H2,1H3,(H,20,23). The lowest BCUT2D eigenvalue weighted by Gasteiger charge is -2.27. The van der Waals surface area contributed by atoms with Crippen LogP contribution in [0.25, 0.3) is 0 Å². The molecule has 0 aliphatic carbocycles. The highest BCUT2D eigenvalue weighted by Crippen LogP contribution is 2.16. The second-order valence-corrected chi connectivity index (χ2v) is 5.38. The van der Waals surface area contributed by atoms with Crippen LogP contribution in [0.4, 0.5) is 20.4 Å². The molecule has 1 aromatic carbocycles. The first-order chi connectivity index (χ1) is 11.5. The number of rotatable bonds is 3. The molecule has 1 aromatic heterocycles. The molecule has 0 atom stereocenters. The summed E-state index contributed by atoms with van der Waals surface area (Å²) in [5.74, 6) is -2.06. The van der Waals surface area contributed by atoms with Gasteiger partial charge >= 0.3 is 0 Å². The van der Waals surface area contributed by atoms with Gasteiger partial charge in [0, 0.05) is 30.5 Å². The van der Waals surface area contributed by atoms with Crippen molar-refractivity contribution in [3.63, 3.8) is 0 Å². The summed E-state index contributed by atoms with van der Waals surface area (Å²) in [5.41, 5.74) is 0.957. The van der Waals surface area contributed by atoms with E-state index in [1.165, 1.54) is 6.07 Å². The summed E-state index contributed by atoms with van der Waals surface area (Å²) >= 11 is 0. The molecule has 1 aliphatic rings. The summed E-state index contributed by atoms with van der Waals surface area (Å²) in [6, 6.07) is 4.70. The van der Waals surface area contributed by atoms with E-state index in [1.807, 2.05) is 4.90 Å². The minimum atomic E-state index is -1.03. The molecule has 1 saturated heterocycles. The van der Waals surface area contributed by atoms with Crippen molar-refractivity contribution in [2.24, 2.45) is 0 Å². The number of carbonyl (C=O) groups is 1. The average molecular weight is 334 g/mol. The minimum absolute atomic E-state index is 0.156. The number of hydrogen-bond donors (Lipinski definition) is 1. The second-order valence-electron chi connectivity index (χ2n) is 5.38. The third kappa shape index (κ3) is 3.65. The molecule has 2 heterocycles. The highest BCUT2D eigenvalue weighted by atomic mass is 19.2. The molecule has 0 bridgehead atoms. The SMILES string of the molecule is Cc1cc(C(=O)Nc2ccc(F)c(F)c2)nc(N2CCOCC2)n1. The molecule has 0 saturated carbocycles. The summed E-state index contributed by atoms with van der Waals surface area (Å²) in [5, 5.41) is 2.50. The fraction of sp³-hybridized carbons (Fsp3) is 0.312. The predicted octanol–water partition coefficient (Wildman–Crippen LogP) is 2.15. The monoisotopic (exact) mass is 334 g/mol. The molecule has 1 fully saturated rings. The minimum Gasteiger partial charge on any atom is -0.378 e. The molecule has 0 spiro atoms. The third-order valence-corrected chi connectivity index (χ3v) is 3.55. The number of aryl methyl sites for hydroxylation is 1. The highest BCUT2D eigenvalue weighted by Gasteiger charge is 2.17. The molecular formula is C16H16F2N4O2. The van der Waals surface area contributed by atoms with E-state index in [-0.39, 0.29) is 11.4 Å². The summed E-state index contributed by atoms with van der Waals surface area (Å²) in [7, 11) is 0. The predicted molar refractivity (Wildman–Crippen MR) is 84.1 cm³/mol. The number of aromatic nitrogens is 2. The Bertz CT molecular complexity index is 764. The van der Waals surface area contributed by atoms with Gasteiger partial charge in [0.25, 0.3) is 5.91 Å². The molecular weight excluding hydrogens is 318 g/mol. The van der Waals surface area contributed by atoms with Crippen molar-refractivity contribution in [1.29, 1.82) is 0 Å². The van der Waals surface area contributed by atoms with E-state index in [1.54, 1.807) is 13.0 Å². The first kappa shape index (κ1) is 16.3. The molecule has 24 heavy (non-hydrogen) atoms. The first-order valence-electron chi connectivity index (χ1n) is 7.48. The van der Waals surface area contributed by atoms with Crippen LogP contribution in [0.1, 0.15) is 16.2 Å². The smallest absolute Gasteiger partial charge is 0.274 e. The lowest BCUT2D eigenvalue weighted by molar-refractivity contribution is 0.102. The van der Waals surface area contributed by atoms with Crippen molar-refractivity contribution in [2.75, 3.05) is 36.5 Å². The molecule has 6 nitrogen and oxygen atoms in total. The van der Waals surface area contributed by atoms with Gasteiger partial charge in [0.05, 0.1) is 13.2 Å². The van der Waals surface area contributed by atoms with Gasteiger partial charge in [0.15, 0.2) is 11.6 Å². The van der Waals surface area contributed by atoms with Gasteiger partial charge in [0.2, 0.25) is 5.95 Å². The van der Waals surface area contributed by atoms with Crippen LogP contribution in [0.5, 0.6) is 0 Å². The van der Waals surface area contributed by atoms with Crippen LogP contribution in [0.3, 0.4) is 0 Å². The first-order valence-corrected chi connectivity index (χ1v) is 7.48. The van der Waals surface area contributed by atoms with E-state index in [9.17, 15) is 13.6 Å². The van der Waals surface area contributed by atoms with Gasteiger partial charge in [-0.25, -0.2) is 18.7 Å². The van der Waals surface area contributed by atoms with E-state index in [0.717, 1.165) is 12.1 Å². The zero-order chi connectivity index (χ0) is 17.1. The number of hydrogen-bond acceptors (Lipinski definition) is 5. The normalized spacial score (nSPS) is 14.5. The van der Waals surface area contributed by atoms with Crippen molar-refractivity contribution in [1.82, 2.24) is 9.97 Å². The van der Waals surface area contributed by atoms with Crippen molar-refractivity contribution in [3.8, 4) is 0 Å². The lowest BCUT2D eigenvalue weighted by Crippen LogP contribution is -2.37. The lowest BCUT2D eigenvalue weighted by atomic mass is 10.2. The van der Waals surface area contributed by atoms with Crippen LogP contribution in [-0.2, 0) is 4.74 Å². The zero-order valence-electron chi connectivity index (χ0n) is 13.1.